The first kappa shape index (κ1) is 35.4. The van der Waals surface area contributed by atoms with E-state index in [-0.39, 0.29) is 0 Å². The molecule has 0 heterocycles. The van der Waals surface area contributed by atoms with E-state index in [0.717, 1.165) is 12.8 Å². The number of rotatable bonds is 9. The second-order valence-electron chi connectivity index (χ2n) is 13.8. The molecule has 2 aliphatic carbocycles. The van der Waals surface area contributed by atoms with Crippen LogP contribution in [0.2, 0.25) is 0 Å². The van der Waals surface area contributed by atoms with Crippen LogP contribution < -0.4 is 10.6 Å². The van der Waals surface area contributed by atoms with Gasteiger partial charge in [-0.2, -0.15) is 0 Å². The Bertz CT molecular complexity index is 2230. The van der Waals surface area contributed by atoms with Crippen LogP contribution in [0.4, 0.5) is 0 Å². The van der Waals surface area contributed by atoms with Crippen molar-refractivity contribution in [1.29, 1.82) is 0 Å². The van der Waals surface area contributed by atoms with E-state index in [0.29, 0.717) is 7.25 Å². The SMILES string of the molecule is CC1=Cc2c(-c3ccccc3)cccc2[CH]1[Zr][CH]1C(P(c2ccccc2)c2ccccc2)=Cc2ccccc21.c1ccc(CCc2ccccc2)cc1. The molecule has 7 aromatic rings. The summed E-state index contributed by atoms with van der Waals surface area (Å²) in [6.45, 7) is 2.38. The number of allylic oxidation sites excluding steroid dienone is 2. The van der Waals surface area contributed by atoms with Gasteiger partial charge in [-0.15, -0.1) is 0 Å². The van der Waals surface area contributed by atoms with Gasteiger partial charge >= 0.3 is 246 Å². The molecule has 0 fully saturated rings. The van der Waals surface area contributed by atoms with Crippen LogP contribution in [-0.2, 0) is 36.1 Å². The summed E-state index contributed by atoms with van der Waals surface area (Å²) in [7, 11) is -0.598. The number of aryl methyl sites for hydroxylation is 2. The second-order valence-corrected chi connectivity index (χ2v) is 19.6. The van der Waals surface area contributed by atoms with Crippen molar-refractivity contribution in [2.75, 3.05) is 0 Å². The zero-order valence-electron chi connectivity index (χ0n) is 30.1. The van der Waals surface area contributed by atoms with E-state index in [9.17, 15) is 0 Å². The molecule has 0 N–H and O–H groups in total. The van der Waals surface area contributed by atoms with Crippen LogP contribution in [0.5, 0.6) is 0 Å². The van der Waals surface area contributed by atoms with Crippen molar-refractivity contribution >= 4 is 30.7 Å². The van der Waals surface area contributed by atoms with Gasteiger partial charge < -0.3 is 0 Å². The Labute approximate surface area is 328 Å². The summed E-state index contributed by atoms with van der Waals surface area (Å²) in [5.41, 5.74) is 13.0. The molecule has 0 radical (unpaired) electrons. The van der Waals surface area contributed by atoms with E-state index in [1.54, 1.807) is 22.0 Å². The summed E-state index contributed by atoms with van der Waals surface area (Å²) in [5, 5.41) is 4.55. The van der Waals surface area contributed by atoms with E-state index < -0.39 is 31.2 Å². The summed E-state index contributed by atoms with van der Waals surface area (Å²) >= 11 is -1.000. The Kier molecular flexibility index (Phi) is 11.3. The fourth-order valence-electron chi connectivity index (χ4n) is 7.66. The molecule has 256 valence electrons. The molecule has 0 amide bonds. The molecule has 2 aliphatic rings. The average molecular weight is 778 g/mol. The first-order chi connectivity index (χ1) is 26.2. The van der Waals surface area contributed by atoms with Crippen molar-refractivity contribution in [2.24, 2.45) is 0 Å². The zero-order valence-corrected chi connectivity index (χ0v) is 33.5. The predicted molar refractivity (Wildman–Crippen MR) is 225 cm³/mol. The molecule has 2 heteroatoms. The quantitative estimate of drug-likeness (QED) is 0.128. The first-order valence-corrected chi connectivity index (χ1v) is 22.8. The average Bonchev–Trinajstić information content (AvgIpc) is 3.75. The normalized spacial score (nSPS) is 15.4. The van der Waals surface area contributed by atoms with Gasteiger partial charge in [0.25, 0.3) is 0 Å². The van der Waals surface area contributed by atoms with Crippen molar-refractivity contribution in [3.63, 3.8) is 0 Å². The molecule has 53 heavy (non-hydrogen) atoms. The molecule has 0 saturated heterocycles. The van der Waals surface area contributed by atoms with E-state index in [2.05, 4.69) is 213 Å². The minimum Gasteiger partial charge on any atom is -0.0622 e. The number of hydrogen-bond acceptors (Lipinski definition) is 0. The monoisotopic (exact) mass is 776 g/mol. The summed E-state index contributed by atoms with van der Waals surface area (Å²) in [4.78, 5) is 0. The molecule has 0 nitrogen and oxygen atoms in total. The van der Waals surface area contributed by atoms with Gasteiger partial charge in [0, 0.05) is 0 Å². The third-order valence-corrected chi connectivity index (χ3v) is 18.5. The fraction of sp³-hybridized carbons (Fsp3) is 0.0980. The molecule has 0 saturated carbocycles. The van der Waals surface area contributed by atoms with Gasteiger partial charge in [-0.05, 0) is 24.0 Å². The molecule has 0 spiro atoms. The molecular weight excluding hydrogens is 735 g/mol. The molecule has 9 rings (SSSR count). The van der Waals surface area contributed by atoms with Crippen LogP contribution in [0.15, 0.2) is 205 Å². The van der Waals surface area contributed by atoms with Crippen molar-refractivity contribution < 1.29 is 23.2 Å². The Morgan fingerprint density at radius 1 is 0.453 bits per heavy atom. The van der Waals surface area contributed by atoms with E-state index in [4.69, 9.17) is 0 Å². The molecule has 7 aromatic carbocycles. The van der Waals surface area contributed by atoms with Crippen molar-refractivity contribution in [3.8, 4) is 11.1 Å². The van der Waals surface area contributed by atoms with Crippen molar-refractivity contribution in [3.05, 3.63) is 238 Å². The molecule has 0 aromatic heterocycles. The van der Waals surface area contributed by atoms with Gasteiger partial charge in [-0.25, -0.2) is 0 Å². The maximum absolute atomic E-state index is 2.56. The van der Waals surface area contributed by atoms with Crippen LogP contribution >= 0.6 is 7.92 Å². The zero-order chi connectivity index (χ0) is 35.8. The maximum atomic E-state index is 2.56. The Morgan fingerprint density at radius 3 is 1.53 bits per heavy atom. The summed E-state index contributed by atoms with van der Waals surface area (Å²) < 4.78 is 1.13. The minimum absolute atomic E-state index is 0.552. The molecule has 2 atom stereocenters. The second kappa shape index (κ2) is 17.0. The van der Waals surface area contributed by atoms with Gasteiger partial charge in [-0.3, -0.25) is 0 Å². The Morgan fingerprint density at radius 2 is 0.943 bits per heavy atom. The summed E-state index contributed by atoms with van der Waals surface area (Å²) in [5.74, 6) is 0. The summed E-state index contributed by atoms with van der Waals surface area (Å²) in [6, 6.07) is 70.8. The fourth-order valence-corrected chi connectivity index (χ4v) is 16.0. The molecule has 0 bridgehead atoms. The topological polar surface area (TPSA) is 0 Å². The Hall–Kier alpha value is -4.67. The number of benzene rings is 7. The third-order valence-electron chi connectivity index (χ3n) is 10.3. The predicted octanol–water partition coefficient (Wildman–Crippen LogP) is 12.6. The van der Waals surface area contributed by atoms with Crippen LogP contribution in [0, 0.1) is 0 Å². The van der Waals surface area contributed by atoms with Crippen LogP contribution in [0.3, 0.4) is 0 Å². The number of hydrogen-bond donors (Lipinski definition) is 0. The van der Waals surface area contributed by atoms with Gasteiger partial charge in [0.2, 0.25) is 0 Å². The maximum Gasteiger partial charge on any atom is -0.0238 e. The van der Waals surface area contributed by atoms with Gasteiger partial charge in [0.15, 0.2) is 0 Å². The van der Waals surface area contributed by atoms with E-state index >= 15 is 0 Å². The van der Waals surface area contributed by atoms with Crippen LogP contribution in [0.25, 0.3) is 23.3 Å². The Balaban J connectivity index is 0.000000240. The standard InChI is InChI=1S/C21H16P.C16H13.C14H14.Zr/c1-3-11-19(12-4-1)22(20-13-5-2-6-14-20)21-15-17-9-7-8-10-18(17)16-21;1-12-10-14-8-5-9-15(16(14)11-12)13-6-3-2-4-7-13;1-3-7-13(8-4-1)11-12-14-9-5-2-6-10-14;/h1-16H;2-11H,1H3;1-10H,11-12H2;. The van der Waals surface area contributed by atoms with Gasteiger partial charge in [0.05, 0.1) is 0 Å². The smallest absolute Gasteiger partial charge is 0.0238 e. The van der Waals surface area contributed by atoms with Crippen LogP contribution in [-0.4, -0.2) is 0 Å². The van der Waals surface area contributed by atoms with Gasteiger partial charge in [0.1, 0.15) is 0 Å². The summed E-state index contributed by atoms with van der Waals surface area (Å²) in [6.07, 6.45) is 7.31. The minimum atomic E-state index is -1.000. The van der Waals surface area contributed by atoms with E-state index in [1.165, 1.54) is 44.0 Å². The van der Waals surface area contributed by atoms with Gasteiger partial charge in [-0.1, -0.05) is 60.7 Å². The largest absolute Gasteiger partial charge is 0.0622 e. The third kappa shape index (κ3) is 8.14. The van der Waals surface area contributed by atoms with Crippen molar-refractivity contribution in [1.82, 2.24) is 0 Å². The first-order valence-electron chi connectivity index (χ1n) is 18.6. The molecule has 0 aliphatic heterocycles. The van der Waals surface area contributed by atoms with Crippen LogP contribution in [0.1, 0.15) is 47.6 Å². The molecule has 2 unspecified atom stereocenters. The van der Waals surface area contributed by atoms with E-state index in [1.807, 2.05) is 0 Å². The van der Waals surface area contributed by atoms with Crippen molar-refractivity contribution in [2.45, 2.75) is 27.0 Å². The number of fused-ring (bicyclic) bond motifs is 2. The molecular formula is C51H43PZr.